The number of carboxylic acid groups (broad SMARTS) is 1. The van der Waals surface area contributed by atoms with Crippen LogP contribution in [0.15, 0.2) is 29.0 Å². The summed E-state index contributed by atoms with van der Waals surface area (Å²) in [4.78, 5) is 10.7. The second kappa shape index (κ2) is 4.74. The molecule has 0 atom stereocenters. The van der Waals surface area contributed by atoms with Gasteiger partial charge in [0.15, 0.2) is 0 Å². The Bertz CT molecular complexity index is 569. The van der Waals surface area contributed by atoms with Crippen LogP contribution < -0.4 is 11.1 Å². The number of aromatic nitrogens is 1. The molecule has 0 aliphatic heterocycles. The summed E-state index contributed by atoms with van der Waals surface area (Å²) in [6.45, 7) is 0.298. The first-order chi connectivity index (χ1) is 8.58. The van der Waals surface area contributed by atoms with E-state index in [1.165, 1.54) is 6.26 Å². The van der Waals surface area contributed by atoms with Crippen LogP contribution in [-0.2, 0) is 6.54 Å². The van der Waals surface area contributed by atoms with E-state index in [4.69, 9.17) is 10.8 Å². The summed E-state index contributed by atoms with van der Waals surface area (Å²) < 4.78 is 18.1. The van der Waals surface area contributed by atoms with Crippen molar-refractivity contribution in [2.45, 2.75) is 6.54 Å². The van der Waals surface area contributed by atoms with Gasteiger partial charge < -0.3 is 20.7 Å². The summed E-state index contributed by atoms with van der Waals surface area (Å²) in [6.07, 6.45) is 1.41. The number of aromatic carboxylic acids is 1. The van der Waals surface area contributed by atoms with Crippen molar-refractivity contribution in [3.63, 3.8) is 0 Å². The van der Waals surface area contributed by atoms with E-state index in [-0.39, 0.29) is 5.69 Å². The molecule has 0 unspecified atom stereocenters. The van der Waals surface area contributed by atoms with Crippen molar-refractivity contribution in [2.24, 2.45) is 0 Å². The van der Waals surface area contributed by atoms with Crippen molar-refractivity contribution < 1.29 is 18.8 Å². The van der Waals surface area contributed by atoms with Gasteiger partial charge in [-0.3, -0.25) is 0 Å². The number of benzene rings is 1. The van der Waals surface area contributed by atoms with Gasteiger partial charge in [-0.15, -0.1) is 0 Å². The van der Waals surface area contributed by atoms with Crippen LogP contribution in [0.2, 0.25) is 0 Å². The number of hydrogen-bond acceptors (Lipinski definition) is 5. The zero-order chi connectivity index (χ0) is 13.1. The molecule has 2 aromatic rings. The highest BCUT2D eigenvalue weighted by Gasteiger charge is 2.13. The highest BCUT2D eigenvalue weighted by Crippen LogP contribution is 2.23. The third-order valence-corrected chi connectivity index (χ3v) is 2.32. The molecule has 1 heterocycles. The fourth-order valence-corrected chi connectivity index (χ4v) is 1.42. The number of nitrogens with two attached hydrogens (primary N) is 1. The Hall–Kier alpha value is -2.57. The van der Waals surface area contributed by atoms with Gasteiger partial charge in [-0.05, 0) is 12.1 Å². The first kappa shape index (κ1) is 11.9. The predicted octanol–water partition coefficient (Wildman–Crippen LogP) is 1.71. The van der Waals surface area contributed by atoms with Crippen molar-refractivity contribution in [3.05, 3.63) is 41.5 Å². The van der Waals surface area contributed by atoms with Gasteiger partial charge in [-0.2, -0.15) is 0 Å². The molecule has 6 nitrogen and oxygen atoms in total. The average molecular weight is 251 g/mol. The molecule has 0 radical (unpaired) electrons. The zero-order valence-corrected chi connectivity index (χ0v) is 9.18. The van der Waals surface area contributed by atoms with Gasteiger partial charge in [0.25, 0.3) is 0 Å². The van der Waals surface area contributed by atoms with E-state index in [1.54, 1.807) is 6.07 Å². The lowest BCUT2D eigenvalue weighted by molar-refractivity contribution is 0.0692. The van der Waals surface area contributed by atoms with E-state index in [1.807, 2.05) is 0 Å². The molecular weight excluding hydrogens is 241 g/mol. The maximum atomic E-state index is 13.4. The van der Waals surface area contributed by atoms with Gasteiger partial charge >= 0.3 is 5.97 Å². The lowest BCUT2D eigenvalue weighted by Crippen LogP contribution is -2.07. The average Bonchev–Trinajstić information content (AvgIpc) is 2.82. The quantitative estimate of drug-likeness (QED) is 0.715. The van der Waals surface area contributed by atoms with Crippen LogP contribution in [0.4, 0.5) is 15.8 Å². The summed E-state index contributed by atoms with van der Waals surface area (Å²) in [5.74, 6) is -2.21. The van der Waals surface area contributed by atoms with Crippen LogP contribution >= 0.6 is 0 Å². The molecule has 0 bridgehead atoms. The van der Waals surface area contributed by atoms with Gasteiger partial charge in [-0.25, -0.2) is 9.18 Å². The Morgan fingerprint density at radius 2 is 2.33 bits per heavy atom. The van der Waals surface area contributed by atoms with Crippen molar-refractivity contribution in [2.75, 3.05) is 11.1 Å². The molecule has 0 spiro atoms. The maximum Gasteiger partial charge on any atom is 0.338 e. The number of nitrogen functional groups attached to an aromatic ring is 1. The van der Waals surface area contributed by atoms with Crippen molar-refractivity contribution in [3.8, 4) is 0 Å². The molecule has 2 rings (SSSR count). The van der Waals surface area contributed by atoms with E-state index in [0.717, 1.165) is 12.1 Å². The zero-order valence-electron chi connectivity index (χ0n) is 9.18. The third kappa shape index (κ3) is 2.40. The van der Waals surface area contributed by atoms with E-state index in [0.29, 0.717) is 17.9 Å². The van der Waals surface area contributed by atoms with E-state index < -0.39 is 17.3 Å². The SMILES string of the molecule is Nc1cc(C(=O)O)c(F)cc1NCc1ccon1. The van der Waals surface area contributed by atoms with E-state index >= 15 is 0 Å². The smallest absolute Gasteiger partial charge is 0.338 e. The van der Waals surface area contributed by atoms with Gasteiger partial charge in [0.05, 0.1) is 23.5 Å². The highest BCUT2D eigenvalue weighted by atomic mass is 19.1. The standard InChI is InChI=1S/C11H10FN3O3/c12-8-4-10(9(13)3-7(8)11(16)17)14-5-6-1-2-18-15-6/h1-4,14H,5,13H2,(H,16,17). The van der Waals surface area contributed by atoms with Crippen molar-refractivity contribution >= 4 is 17.3 Å². The molecule has 0 aliphatic carbocycles. The molecule has 0 fully saturated rings. The predicted molar refractivity (Wildman–Crippen MR) is 61.6 cm³/mol. The molecule has 7 heteroatoms. The Morgan fingerprint density at radius 1 is 1.56 bits per heavy atom. The van der Waals surface area contributed by atoms with Crippen LogP contribution in [0.3, 0.4) is 0 Å². The minimum Gasteiger partial charge on any atom is -0.478 e. The fraction of sp³-hybridized carbons (Fsp3) is 0.0909. The number of anilines is 2. The summed E-state index contributed by atoms with van der Waals surface area (Å²) >= 11 is 0. The molecule has 1 aromatic heterocycles. The minimum atomic E-state index is -1.36. The van der Waals surface area contributed by atoms with E-state index in [2.05, 4.69) is 15.0 Å². The molecule has 0 saturated heterocycles. The number of halogens is 1. The van der Waals surface area contributed by atoms with Gasteiger partial charge in [-0.1, -0.05) is 5.16 Å². The van der Waals surface area contributed by atoms with E-state index in [9.17, 15) is 9.18 Å². The Morgan fingerprint density at radius 3 is 2.94 bits per heavy atom. The van der Waals surface area contributed by atoms with Crippen LogP contribution in [0, 0.1) is 5.82 Å². The normalized spacial score (nSPS) is 10.3. The Balaban J connectivity index is 2.19. The maximum absolute atomic E-state index is 13.4. The molecule has 1 aromatic carbocycles. The first-order valence-electron chi connectivity index (χ1n) is 5.03. The van der Waals surface area contributed by atoms with Crippen molar-refractivity contribution in [1.82, 2.24) is 5.16 Å². The van der Waals surface area contributed by atoms with Gasteiger partial charge in [0, 0.05) is 6.07 Å². The lowest BCUT2D eigenvalue weighted by atomic mass is 10.1. The van der Waals surface area contributed by atoms with Crippen LogP contribution in [0.5, 0.6) is 0 Å². The fourth-order valence-electron chi connectivity index (χ4n) is 1.42. The molecule has 18 heavy (non-hydrogen) atoms. The number of carboxylic acids is 1. The summed E-state index contributed by atoms with van der Waals surface area (Å²) in [6, 6.07) is 3.76. The second-order valence-electron chi connectivity index (χ2n) is 3.57. The largest absolute Gasteiger partial charge is 0.478 e. The van der Waals surface area contributed by atoms with Crippen molar-refractivity contribution in [1.29, 1.82) is 0 Å². The first-order valence-corrected chi connectivity index (χ1v) is 5.03. The Labute approximate surface area is 101 Å². The summed E-state index contributed by atoms with van der Waals surface area (Å²) in [7, 11) is 0. The second-order valence-corrected chi connectivity index (χ2v) is 3.57. The highest BCUT2D eigenvalue weighted by molar-refractivity contribution is 5.90. The molecule has 0 amide bonds. The monoisotopic (exact) mass is 251 g/mol. The molecular formula is C11H10FN3O3. The number of nitrogens with one attached hydrogen (secondary N) is 1. The molecule has 0 saturated carbocycles. The lowest BCUT2D eigenvalue weighted by Gasteiger charge is -2.09. The summed E-state index contributed by atoms with van der Waals surface area (Å²) in [5.41, 5.74) is 6.25. The van der Waals surface area contributed by atoms with Gasteiger partial charge in [0.2, 0.25) is 0 Å². The topological polar surface area (TPSA) is 101 Å². The number of rotatable bonds is 4. The summed E-state index contributed by atoms with van der Waals surface area (Å²) in [5, 5.41) is 15.2. The van der Waals surface area contributed by atoms with Gasteiger partial charge in [0.1, 0.15) is 17.8 Å². The molecule has 4 N–H and O–H groups in total. The number of hydrogen-bond donors (Lipinski definition) is 3. The third-order valence-electron chi connectivity index (χ3n) is 2.32. The number of carbonyl (C=O) groups is 1. The van der Waals surface area contributed by atoms with Crippen LogP contribution in [0.25, 0.3) is 0 Å². The van der Waals surface area contributed by atoms with Crippen LogP contribution in [0.1, 0.15) is 16.1 Å². The van der Waals surface area contributed by atoms with Crippen LogP contribution in [-0.4, -0.2) is 16.2 Å². The molecule has 0 aliphatic rings. The molecule has 94 valence electrons. The minimum absolute atomic E-state index is 0.150. The number of nitrogens with zero attached hydrogens (tertiary/aromatic N) is 1. The Kier molecular flexibility index (Phi) is 3.13.